The van der Waals surface area contributed by atoms with Crippen LogP contribution in [0.25, 0.3) is 0 Å². The van der Waals surface area contributed by atoms with Crippen molar-refractivity contribution in [3.63, 3.8) is 0 Å². The summed E-state index contributed by atoms with van der Waals surface area (Å²) in [7, 11) is 1.33. The molecule has 0 aliphatic rings. The Balaban J connectivity index is 3.75. The van der Waals surface area contributed by atoms with E-state index in [1.165, 1.54) is 18.9 Å². The van der Waals surface area contributed by atoms with Crippen LogP contribution >= 0.6 is 11.8 Å². The molecular weight excluding hydrogens is 268 g/mol. The molecule has 0 aromatic carbocycles. The number of urea groups is 1. The summed E-state index contributed by atoms with van der Waals surface area (Å²) in [5.41, 5.74) is 0. The second-order valence-corrected chi connectivity index (χ2v) is 5.62. The molecule has 0 spiro atoms. The Morgan fingerprint density at radius 1 is 1.21 bits per heavy atom. The zero-order valence-electron chi connectivity index (χ0n) is 11.8. The summed E-state index contributed by atoms with van der Waals surface area (Å²) in [6, 6.07) is -0.486. The van der Waals surface area contributed by atoms with Crippen LogP contribution in [-0.2, 0) is 14.3 Å². The molecule has 1 atom stereocenters. The smallest absolute Gasteiger partial charge is 0.321 e. The number of methoxy groups -OCH3 is 1. The molecule has 0 saturated heterocycles. The zero-order valence-corrected chi connectivity index (χ0v) is 12.6. The van der Waals surface area contributed by atoms with Gasteiger partial charge in [-0.25, -0.2) is 4.79 Å². The van der Waals surface area contributed by atoms with Crippen LogP contribution < -0.4 is 10.6 Å². The average Bonchev–Trinajstić information content (AvgIpc) is 2.35. The quantitative estimate of drug-likeness (QED) is 0.684. The van der Waals surface area contributed by atoms with E-state index >= 15 is 0 Å². The number of amides is 3. The Hall–Kier alpha value is -1.24. The van der Waals surface area contributed by atoms with Gasteiger partial charge >= 0.3 is 12.0 Å². The molecule has 0 aromatic rings. The lowest BCUT2D eigenvalue weighted by molar-refractivity contribution is -0.144. The van der Waals surface area contributed by atoms with Gasteiger partial charge < -0.3 is 10.1 Å². The molecule has 0 aliphatic heterocycles. The number of hydrogen-bond acceptors (Lipinski definition) is 5. The van der Waals surface area contributed by atoms with Gasteiger partial charge in [0.1, 0.15) is 0 Å². The zero-order chi connectivity index (χ0) is 14.8. The van der Waals surface area contributed by atoms with Crippen molar-refractivity contribution in [2.75, 3.05) is 25.2 Å². The first-order valence-corrected chi connectivity index (χ1v) is 7.25. The van der Waals surface area contributed by atoms with Crippen molar-refractivity contribution in [3.8, 4) is 0 Å². The van der Waals surface area contributed by atoms with Gasteiger partial charge in [-0.05, 0) is 5.92 Å². The first-order chi connectivity index (χ1) is 8.86. The van der Waals surface area contributed by atoms with Crippen LogP contribution in [0.15, 0.2) is 0 Å². The summed E-state index contributed by atoms with van der Waals surface area (Å²) in [5.74, 6) is 0.00374. The minimum absolute atomic E-state index is 0.135. The molecule has 110 valence electrons. The van der Waals surface area contributed by atoms with Crippen LogP contribution in [0.4, 0.5) is 4.79 Å². The standard InChI is InChI=1S/C12H22N2O4S/c1-8(2)5-13-12(17)14-10(15)7-19-6-9(3)11(16)18-4/h8-9H,5-7H2,1-4H3,(H2,13,14,15,17). The van der Waals surface area contributed by atoms with E-state index in [1.807, 2.05) is 13.8 Å². The first kappa shape index (κ1) is 17.8. The van der Waals surface area contributed by atoms with Gasteiger partial charge in [0, 0.05) is 12.3 Å². The molecule has 19 heavy (non-hydrogen) atoms. The van der Waals surface area contributed by atoms with E-state index < -0.39 is 6.03 Å². The Labute approximate surface area is 118 Å². The molecule has 0 radical (unpaired) electrons. The molecule has 0 saturated carbocycles. The number of hydrogen-bond donors (Lipinski definition) is 2. The second kappa shape index (κ2) is 9.66. The Morgan fingerprint density at radius 3 is 2.37 bits per heavy atom. The third-order valence-electron chi connectivity index (χ3n) is 2.13. The van der Waals surface area contributed by atoms with E-state index in [2.05, 4.69) is 15.4 Å². The highest BCUT2D eigenvalue weighted by Crippen LogP contribution is 2.09. The minimum Gasteiger partial charge on any atom is -0.469 e. The van der Waals surface area contributed by atoms with E-state index in [-0.39, 0.29) is 23.5 Å². The van der Waals surface area contributed by atoms with Crippen LogP contribution in [0.3, 0.4) is 0 Å². The number of carbonyl (C=O) groups is 3. The molecule has 0 aliphatic carbocycles. The number of ether oxygens (including phenoxy) is 1. The lowest BCUT2D eigenvalue weighted by atomic mass is 10.2. The predicted molar refractivity (Wildman–Crippen MR) is 74.9 cm³/mol. The molecule has 0 heterocycles. The van der Waals surface area contributed by atoms with Crippen molar-refractivity contribution in [1.29, 1.82) is 0 Å². The fourth-order valence-corrected chi connectivity index (χ4v) is 1.97. The molecule has 6 nitrogen and oxygen atoms in total. The molecule has 3 amide bonds. The average molecular weight is 290 g/mol. The number of nitrogens with one attached hydrogen (secondary N) is 2. The highest BCUT2D eigenvalue weighted by molar-refractivity contribution is 7.99. The molecule has 0 bridgehead atoms. The molecule has 0 rings (SSSR count). The highest BCUT2D eigenvalue weighted by atomic mass is 32.2. The maximum Gasteiger partial charge on any atom is 0.321 e. The summed E-state index contributed by atoms with van der Waals surface area (Å²) >= 11 is 1.29. The van der Waals surface area contributed by atoms with E-state index in [9.17, 15) is 14.4 Å². The van der Waals surface area contributed by atoms with Crippen LogP contribution in [0.1, 0.15) is 20.8 Å². The van der Waals surface area contributed by atoms with E-state index in [1.54, 1.807) is 6.92 Å². The van der Waals surface area contributed by atoms with Gasteiger partial charge in [0.25, 0.3) is 0 Å². The third kappa shape index (κ3) is 9.35. The summed E-state index contributed by atoms with van der Waals surface area (Å²) in [4.78, 5) is 33.8. The third-order valence-corrected chi connectivity index (χ3v) is 3.33. The fourth-order valence-electron chi connectivity index (χ4n) is 1.10. The van der Waals surface area contributed by atoms with Crippen LogP contribution in [0.2, 0.25) is 0 Å². The van der Waals surface area contributed by atoms with Gasteiger partial charge in [-0.15, -0.1) is 0 Å². The summed E-state index contributed by atoms with van der Waals surface area (Å²) in [6.07, 6.45) is 0. The number of thioether (sulfide) groups is 1. The summed E-state index contributed by atoms with van der Waals surface area (Å²) < 4.78 is 4.57. The molecule has 0 fully saturated rings. The monoisotopic (exact) mass is 290 g/mol. The molecule has 7 heteroatoms. The number of imide groups is 1. The van der Waals surface area contributed by atoms with Crippen LogP contribution in [-0.4, -0.2) is 43.1 Å². The van der Waals surface area contributed by atoms with Gasteiger partial charge in [0.15, 0.2) is 0 Å². The Morgan fingerprint density at radius 2 is 1.84 bits per heavy atom. The summed E-state index contributed by atoms with van der Waals surface area (Å²) in [5, 5.41) is 4.81. The number of rotatable bonds is 7. The Bertz CT molecular complexity index is 321. The lowest BCUT2D eigenvalue weighted by Crippen LogP contribution is -2.41. The molecule has 2 N–H and O–H groups in total. The maximum atomic E-state index is 11.4. The summed E-state index contributed by atoms with van der Waals surface area (Å²) in [6.45, 7) is 6.18. The molecular formula is C12H22N2O4S. The predicted octanol–water partition coefficient (Wildman–Crippen LogP) is 1.01. The molecule has 0 aromatic heterocycles. The Kier molecular flexibility index (Phi) is 9.03. The topological polar surface area (TPSA) is 84.5 Å². The van der Waals surface area contributed by atoms with Crippen LogP contribution in [0.5, 0.6) is 0 Å². The van der Waals surface area contributed by atoms with Crippen molar-refractivity contribution in [2.24, 2.45) is 11.8 Å². The van der Waals surface area contributed by atoms with Crippen molar-refractivity contribution < 1.29 is 19.1 Å². The van der Waals surface area contributed by atoms with Gasteiger partial charge in [-0.2, -0.15) is 11.8 Å². The first-order valence-electron chi connectivity index (χ1n) is 6.10. The number of esters is 1. The van der Waals surface area contributed by atoms with Crippen molar-refractivity contribution >= 4 is 29.7 Å². The SMILES string of the molecule is COC(=O)C(C)CSCC(=O)NC(=O)NCC(C)C. The molecule has 1 unspecified atom stereocenters. The second-order valence-electron chi connectivity index (χ2n) is 4.59. The van der Waals surface area contributed by atoms with Crippen molar-refractivity contribution in [2.45, 2.75) is 20.8 Å². The van der Waals surface area contributed by atoms with E-state index in [0.29, 0.717) is 18.2 Å². The maximum absolute atomic E-state index is 11.4. The fraction of sp³-hybridized carbons (Fsp3) is 0.750. The normalized spacial score (nSPS) is 11.8. The van der Waals surface area contributed by atoms with Gasteiger partial charge in [0.2, 0.25) is 5.91 Å². The highest BCUT2D eigenvalue weighted by Gasteiger charge is 2.14. The minimum atomic E-state index is -0.486. The largest absolute Gasteiger partial charge is 0.469 e. The van der Waals surface area contributed by atoms with Gasteiger partial charge in [-0.3, -0.25) is 14.9 Å². The van der Waals surface area contributed by atoms with Crippen molar-refractivity contribution in [3.05, 3.63) is 0 Å². The lowest BCUT2D eigenvalue weighted by Gasteiger charge is -2.10. The van der Waals surface area contributed by atoms with Crippen molar-refractivity contribution in [1.82, 2.24) is 10.6 Å². The van der Waals surface area contributed by atoms with E-state index in [4.69, 9.17) is 0 Å². The van der Waals surface area contributed by atoms with Gasteiger partial charge in [0.05, 0.1) is 18.8 Å². The van der Waals surface area contributed by atoms with Gasteiger partial charge in [-0.1, -0.05) is 20.8 Å². The van der Waals surface area contributed by atoms with E-state index in [0.717, 1.165) is 0 Å². The number of carbonyl (C=O) groups excluding carboxylic acids is 3. The van der Waals surface area contributed by atoms with Crippen LogP contribution in [0, 0.1) is 11.8 Å².